The minimum absolute atomic E-state index is 0.173. The fraction of sp³-hybridized carbons (Fsp3) is 0.500. The predicted molar refractivity (Wildman–Crippen MR) is 230 cm³/mol. The number of aromatic nitrogens is 1. The SMILES string of the molecule is COCCOc1cc(N=Nc2nc([N+](=O)[O-])cs2)ccc1N1CCOc2cc(C)ccc2N2CCOCCOCCN(CCOCCOCC2)c2ccc(C)cc2OCC1. The highest BCUT2D eigenvalue weighted by atomic mass is 32.1. The van der Waals surface area contributed by atoms with E-state index in [1.54, 1.807) is 13.2 Å². The van der Waals surface area contributed by atoms with Gasteiger partial charge in [0.05, 0.1) is 101 Å². The minimum Gasteiger partial charge on any atom is -0.490 e. The highest BCUT2D eigenvalue weighted by molar-refractivity contribution is 7.13. The third kappa shape index (κ3) is 13.5. The molecule has 18 heteroatoms. The van der Waals surface area contributed by atoms with E-state index in [0.717, 1.165) is 51.0 Å². The normalized spacial score (nSPS) is 17.0. The van der Waals surface area contributed by atoms with Crippen LogP contribution in [0.4, 0.5) is 33.7 Å². The zero-order chi connectivity index (χ0) is 41.9. The van der Waals surface area contributed by atoms with Crippen LogP contribution in [0.5, 0.6) is 17.2 Å². The average molecular weight is 850 g/mol. The maximum absolute atomic E-state index is 11.2. The molecule has 0 amide bonds. The summed E-state index contributed by atoms with van der Waals surface area (Å²) in [6, 6.07) is 18.0. The fourth-order valence-corrected chi connectivity index (χ4v) is 7.18. The van der Waals surface area contributed by atoms with Crippen LogP contribution in [0.15, 0.2) is 70.2 Å². The summed E-state index contributed by atoms with van der Waals surface area (Å²) in [6.07, 6.45) is 0. The molecule has 4 heterocycles. The van der Waals surface area contributed by atoms with E-state index in [9.17, 15) is 10.1 Å². The Morgan fingerprint density at radius 2 is 1.17 bits per heavy atom. The van der Waals surface area contributed by atoms with Gasteiger partial charge in [-0.05, 0) is 71.3 Å². The van der Waals surface area contributed by atoms with E-state index in [4.69, 9.17) is 37.9 Å². The summed E-state index contributed by atoms with van der Waals surface area (Å²) in [5.74, 6) is 1.79. The molecule has 3 aliphatic rings. The third-order valence-electron chi connectivity index (χ3n) is 9.66. The number of azo groups is 1. The number of methoxy groups -OCH3 is 1. The van der Waals surface area contributed by atoms with Crippen LogP contribution in [-0.2, 0) is 23.7 Å². The summed E-state index contributed by atoms with van der Waals surface area (Å²) >= 11 is 1.04. The van der Waals surface area contributed by atoms with Crippen molar-refractivity contribution in [3.05, 3.63) is 81.2 Å². The van der Waals surface area contributed by atoms with Crippen molar-refractivity contribution in [1.82, 2.24) is 4.98 Å². The van der Waals surface area contributed by atoms with E-state index in [-0.39, 0.29) is 17.6 Å². The van der Waals surface area contributed by atoms with Crippen LogP contribution in [0.25, 0.3) is 0 Å². The van der Waals surface area contributed by atoms with E-state index in [2.05, 4.69) is 80.2 Å². The Morgan fingerprint density at radius 3 is 1.67 bits per heavy atom. The van der Waals surface area contributed by atoms with Crippen molar-refractivity contribution in [2.45, 2.75) is 13.8 Å². The standard InChI is InChI=1S/C42H55N7O10S/c1-32-4-7-35-38(28-32)57-20-14-48(37-9-6-34(30-40(37)59-27-22-52-3)44-45-42-43-41(31-60-42)49(50)51)15-21-58-39-29-33(2)5-8-36(39)47-12-18-55-25-23-53-16-10-46(35)11-17-54-24-26-56-19-13-47/h4-9,28-31H,10-27H2,1-3H3. The summed E-state index contributed by atoms with van der Waals surface area (Å²) in [7, 11) is 1.62. The summed E-state index contributed by atoms with van der Waals surface area (Å²) in [4.78, 5) is 21.2. The first-order valence-electron chi connectivity index (χ1n) is 20.2. The molecule has 0 radical (unpaired) electrons. The molecular weight excluding hydrogens is 795 g/mol. The summed E-state index contributed by atoms with van der Waals surface area (Å²) in [5.41, 5.74) is 5.33. The molecule has 324 valence electrons. The molecular formula is C42H55N7O10S. The molecule has 3 aliphatic heterocycles. The first kappa shape index (κ1) is 44.4. The van der Waals surface area contributed by atoms with E-state index in [1.807, 2.05) is 12.1 Å². The Balaban J connectivity index is 1.35. The third-order valence-corrected chi connectivity index (χ3v) is 10.4. The van der Waals surface area contributed by atoms with Crippen molar-refractivity contribution in [2.24, 2.45) is 10.2 Å². The van der Waals surface area contributed by atoms with E-state index in [1.165, 1.54) is 5.38 Å². The zero-order valence-electron chi connectivity index (χ0n) is 34.6. The molecule has 0 saturated carbocycles. The first-order chi connectivity index (χ1) is 29.4. The van der Waals surface area contributed by atoms with Gasteiger partial charge in [0.25, 0.3) is 0 Å². The minimum atomic E-state index is -0.560. The molecule has 17 nitrogen and oxygen atoms in total. The van der Waals surface area contributed by atoms with Gasteiger partial charge in [-0.2, -0.15) is 0 Å². The molecule has 7 rings (SSSR count). The van der Waals surface area contributed by atoms with Crippen molar-refractivity contribution in [1.29, 1.82) is 0 Å². The van der Waals surface area contributed by atoms with Gasteiger partial charge in [-0.1, -0.05) is 28.6 Å². The number of ether oxygens (including phenoxy) is 8. The van der Waals surface area contributed by atoms with Gasteiger partial charge in [-0.15, -0.1) is 5.11 Å². The summed E-state index contributed by atoms with van der Waals surface area (Å²) in [5, 5.41) is 21.1. The lowest BCUT2D eigenvalue weighted by Crippen LogP contribution is -2.34. The van der Waals surface area contributed by atoms with Gasteiger partial charge in [0.15, 0.2) is 0 Å². The van der Waals surface area contributed by atoms with Crippen LogP contribution in [-0.4, -0.2) is 136 Å². The summed E-state index contributed by atoms with van der Waals surface area (Å²) < 4.78 is 49.2. The van der Waals surface area contributed by atoms with Gasteiger partial charge in [0.2, 0.25) is 0 Å². The second-order valence-electron chi connectivity index (χ2n) is 14.0. The maximum Gasteiger partial charge on any atom is 0.377 e. The van der Waals surface area contributed by atoms with E-state index in [0.29, 0.717) is 123 Å². The quantitative estimate of drug-likeness (QED) is 0.0599. The number of nitro groups is 1. The van der Waals surface area contributed by atoms with Crippen molar-refractivity contribution in [3.63, 3.8) is 0 Å². The van der Waals surface area contributed by atoms with Gasteiger partial charge in [0, 0.05) is 39.4 Å². The smallest absolute Gasteiger partial charge is 0.377 e. The van der Waals surface area contributed by atoms with Crippen LogP contribution < -0.4 is 28.9 Å². The van der Waals surface area contributed by atoms with Gasteiger partial charge in [0.1, 0.15) is 37.1 Å². The van der Waals surface area contributed by atoms with Crippen LogP contribution in [0.1, 0.15) is 11.1 Å². The molecule has 3 aromatic carbocycles. The van der Waals surface area contributed by atoms with Gasteiger partial charge in [-0.25, -0.2) is 0 Å². The first-order valence-corrected chi connectivity index (χ1v) is 21.1. The monoisotopic (exact) mass is 849 g/mol. The molecule has 1 aromatic heterocycles. The number of hydrogen-bond donors (Lipinski definition) is 0. The Labute approximate surface area is 354 Å². The Morgan fingerprint density at radius 1 is 0.667 bits per heavy atom. The number of rotatable bonds is 8. The molecule has 0 unspecified atom stereocenters. The average Bonchev–Trinajstić information content (AvgIpc) is 3.73. The van der Waals surface area contributed by atoms with Crippen LogP contribution in [0.2, 0.25) is 0 Å². The van der Waals surface area contributed by atoms with Crippen LogP contribution in [0, 0.1) is 24.0 Å². The Hall–Kier alpha value is -5.11. The van der Waals surface area contributed by atoms with Crippen molar-refractivity contribution in [3.8, 4) is 17.2 Å². The predicted octanol–water partition coefficient (Wildman–Crippen LogP) is 6.78. The van der Waals surface area contributed by atoms with Crippen LogP contribution >= 0.6 is 11.3 Å². The number of thiazole rings is 1. The molecule has 0 N–H and O–H groups in total. The van der Waals surface area contributed by atoms with E-state index < -0.39 is 4.92 Å². The lowest BCUT2D eigenvalue weighted by Gasteiger charge is -2.29. The molecule has 0 atom stereocenters. The number of benzene rings is 3. The number of hydrogen-bond acceptors (Lipinski definition) is 17. The van der Waals surface area contributed by atoms with Gasteiger partial charge < -0.3 is 62.7 Å². The number of anilines is 3. The molecule has 2 bridgehead atoms. The highest BCUT2D eigenvalue weighted by Crippen LogP contribution is 2.36. The molecule has 0 aliphatic carbocycles. The highest BCUT2D eigenvalue weighted by Gasteiger charge is 2.20. The zero-order valence-corrected chi connectivity index (χ0v) is 35.4. The lowest BCUT2D eigenvalue weighted by atomic mass is 10.2. The van der Waals surface area contributed by atoms with Gasteiger partial charge in [-0.3, -0.25) is 0 Å². The molecule has 1 saturated heterocycles. The topological polar surface area (TPSA) is 164 Å². The molecule has 1 fully saturated rings. The maximum atomic E-state index is 11.2. The van der Waals surface area contributed by atoms with Gasteiger partial charge >= 0.3 is 10.9 Å². The lowest BCUT2D eigenvalue weighted by molar-refractivity contribution is -0.389. The fourth-order valence-electron chi connectivity index (χ4n) is 6.59. The van der Waals surface area contributed by atoms with Crippen molar-refractivity contribution in [2.75, 3.05) is 140 Å². The largest absolute Gasteiger partial charge is 0.490 e. The second kappa shape index (κ2) is 23.6. The molecule has 0 spiro atoms. The number of aryl methyl sites for hydroxylation is 2. The Bertz CT molecular complexity index is 1890. The van der Waals surface area contributed by atoms with Crippen molar-refractivity contribution >= 4 is 45.0 Å². The Kier molecular flexibility index (Phi) is 17.5. The van der Waals surface area contributed by atoms with E-state index >= 15 is 0 Å². The number of fused-ring (bicyclic) bond motifs is 20. The number of nitrogens with zero attached hydrogens (tertiary/aromatic N) is 7. The molecule has 4 aromatic rings. The molecule has 60 heavy (non-hydrogen) atoms. The summed E-state index contributed by atoms with van der Waals surface area (Å²) in [6.45, 7) is 12.9. The van der Waals surface area contributed by atoms with Crippen molar-refractivity contribution < 1.29 is 42.8 Å². The van der Waals surface area contributed by atoms with Crippen LogP contribution in [0.3, 0.4) is 0 Å². The second-order valence-corrected chi connectivity index (χ2v) is 14.8.